The number of carboxylic acids is 1. The minimum atomic E-state index is -1.05. The normalized spacial score (nSPS) is 18.2. The summed E-state index contributed by atoms with van der Waals surface area (Å²) in [6, 6.07) is 0. The Kier molecular flexibility index (Phi) is 16.1. The maximum Gasteiger partial charge on any atom is 0.207 e. The number of rotatable bonds is 21. The predicted octanol–water partition coefficient (Wildman–Crippen LogP) is 5.21. The van der Waals surface area contributed by atoms with Crippen LogP contribution in [0.4, 0.5) is 0 Å². The number of carboxylic acid groups (broad SMARTS) is 1. The van der Waals surface area contributed by atoms with Crippen molar-refractivity contribution in [3.05, 3.63) is 24.6 Å². The highest BCUT2D eigenvalue weighted by atomic mass is 16.4. The van der Waals surface area contributed by atoms with E-state index in [1.165, 1.54) is 89.9 Å². The molecule has 178 valence electrons. The largest absolute Gasteiger partial charge is 0.544 e. The minimum absolute atomic E-state index is 0.0664. The third-order valence-corrected chi connectivity index (χ3v) is 6.29. The van der Waals surface area contributed by atoms with Crippen molar-refractivity contribution in [2.75, 3.05) is 19.6 Å². The first-order valence-corrected chi connectivity index (χ1v) is 12.8. The third-order valence-electron chi connectivity index (χ3n) is 6.29. The van der Waals surface area contributed by atoms with E-state index >= 15 is 0 Å². The molecule has 0 aromatic rings. The first kappa shape index (κ1) is 27.6. The summed E-state index contributed by atoms with van der Waals surface area (Å²) in [7, 11) is 0. The number of amidine groups is 1. The van der Waals surface area contributed by atoms with Crippen LogP contribution in [0, 0.1) is 0 Å². The average molecular weight is 434 g/mol. The molecule has 5 nitrogen and oxygen atoms in total. The average Bonchev–Trinajstić information content (AvgIpc) is 3.11. The number of carbonyl (C=O) groups excluding carboxylic acids is 1. The van der Waals surface area contributed by atoms with Gasteiger partial charge in [0, 0.05) is 13.0 Å². The van der Waals surface area contributed by atoms with Gasteiger partial charge in [-0.05, 0) is 26.2 Å². The van der Waals surface area contributed by atoms with Crippen LogP contribution in [0.1, 0.15) is 110 Å². The second-order valence-electron chi connectivity index (χ2n) is 8.98. The van der Waals surface area contributed by atoms with Gasteiger partial charge < -0.3 is 15.6 Å². The van der Waals surface area contributed by atoms with Crippen LogP contribution in [0.15, 0.2) is 29.5 Å². The van der Waals surface area contributed by atoms with Gasteiger partial charge in [-0.15, -0.1) is 0 Å². The smallest absolute Gasteiger partial charge is 0.207 e. The second kappa shape index (κ2) is 18.1. The number of hydrogen-bond acceptors (Lipinski definition) is 4. The van der Waals surface area contributed by atoms with Crippen molar-refractivity contribution in [2.45, 2.75) is 110 Å². The van der Waals surface area contributed by atoms with E-state index in [1.54, 1.807) is 6.20 Å². The highest BCUT2D eigenvalue weighted by molar-refractivity contribution is 5.80. The van der Waals surface area contributed by atoms with Gasteiger partial charge in [0.2, 0.25) is 5.84 Å². The lowest BCUT2D eigenvalue weighted by molar-refractivity contribution is -0.780. The van der Waals surface area contributed by atoms with E-state index in [0.29, 0.717) is 13.1 Å². The summed E-state index contributed by atoms with van der Waals surface area (Å²) in [6.07, 6.45) is 28.7. The molecule has 31 heavy (non-hydrogen) atoms. The van der Waals surface area contributed by atoms with Crippen molar-refractivity contribution < 1.29 is 14.4 Å². The van der Waals surface area contributed by atoms with Crippen molar-refractivity contribution >= 4 is 11.8 Å². The van der Waals surface area contributed by atoms with Gasteiger partial charge in [-0.3, -0.25) is 0 Å². The van der Waals surface area contributed by atoms with Crippen LogP contribution in [0.3, 0.4) is 0 Å². The standard InChI is InChI=1S/C26H47N3O2/c1-2-3-4-5-6-7-8-9-10-11-12-13-14-15-16-17-18-19-25-28-21-23-29(25,22-20-27)24-26(30)31/h2-3,21,23H,4-20,22,24,27H2,1H3/b3-2+. The number of carbonyl (C=O) groups is 1. The van der Waals surface area contributed by atoms with Gasteiger partial charge in [-0.25, -0.2) is 9.48 Å². The fourth-order valence-corrected chi connectivity index (χ4v) is 4.46. The molecule has 0 bridgehead atoms. The lowest BCUT2D eigenvalue weighted by Crippen LogP contribution is -2.55. The molecule has 2 N–H and O–H groups in total. The number of unbranched alkanes of at least 4 members (excludes halogenated alkanes) is 14. The SMILES string of the molecule is C/C=C/CCCCCCCCCCCCCCCCC1=NC=C[N+]1(CCN)CC(=O)[O-]. The maximum atomic E-state index is 11.2. The Bertz CT molecular complexity index is 557. The monoisotopic (exact) mass is 433 g/mol. The van der Waals surface area contributed by atoms with Crippen LogP contribution in [0.25, 0.3) is 0 Å². The fourth-order valence-electron chi connectivity index (χ4n) is 4.46. The van der Waals surface area contributed by atoms with Gasteiger partial charge in [-0.2, -0.15) is 0 Å². The molecule has 0 amide bonds. The van der Waals surface area contributed by atoms with Crippen molar-refractivity contribution in [1.29, 1.82) is 0 Å². The molecular weight excluding hydrogens is 386 g/mol. The molecule has 0 spiro atoms. The third kappa shape index (κ3) is 12.9. The summed E-state index contributed by atoms with van der Waals surface area (Å²) in [5.41, 5.74) is 5.71. The van der Waals surface area contributed by atoms with Gasteiger partial charge >= 0.3 is 0 Å². The molecule has 1 heterocycles. The van der Waals surface area contributed by atoms with Gasteiger partial charge in [0.1, 0.15) is 19.3 Å². The molecule has 0 aromatic heterocycles. The van der Waals surface area contributed by atoms with Crippen LogP contribution in [-0.2, 0) is 4.79 Å². The highest BCUT2D eigenvalue weighted by Crippen LogP contribution is 2.21. The zero-order chi connectivity index (χ0) is 22.6. The van der Waals surface area contributed by atoms with E-state index in [9.17, 15) is 9.90 Å². The summed E-state index contributed by atoms with van der Waals surface area (Å²) < 4.78 is 0.245. The van der Waals surface area contributed by atoms with Crippen molar-refractivity contribution in [3.8, 4) is 0 Å². The number of nitrogens with zero attached hydrogens (tertiary/aromatic N) is 2. The van der Waals surface area contributed by atoms with Gasteiger partial charge in [0.25, 0.3) is 0 Å². The number of allylic oxidation sites excluding steroid dienone is 2. The topological polar surface area (TPSA) is 78.5 Å². The van der Waals surface area contributed by atoms with E-state index in [1.807, 2.05) is 6.20 Å². The molecule has 0 aliphatic carbocycles. The molecule has 0 aromatic carbocycles. The number of aliphatic carboxylic acids is 1. The van der Waals surface area contributed by atoms with Crippen molar-refractivity contribution in [3.63, 3.8) is 0 Å². The molecule has 1 rings (SSSR count). The molecular formula is C26H47N3O2. The Balaban J connectivity index is 1.94. The van der Waals surface area contributed by atoms with Gasteiger partial charge in [-0.1, -0.05) is 89.2 Å². The molecule has 1 aliphatic heterocycles. The predicted molar refractivity (Wildman–Crippen MR) is 129 cm³/mol. The Labute approximate surface area is 191 Å². The van der Waals surface area contributed by atoms with Crippen molar-refractivity contribution in [2.24, 2.45) is 10.7 Å². The quantitative estimate of drug-likeness (QED) is 0.153. The molecule has 1 atom stereocenters. The maximum absolute atomic E-state index is 11.2. The summed E-state index contributed by atoms with van der Waals surface area (Å²) in [5, 5.41) is 11.2. The fraction of sp³-hybridized carbons (Fsp3) is 0.769. The Hall–Kier alpha value is -1.46. The lowest BCUT2D eigenvalue weighted by atomic mass is 10.0. The van der Waals surface area contributed by atoms with E-state index in [4.69, 9.17) is 5.73 Å². The van der Waals surface area contributed by atoms with E-state index in [0.717, 1.165) is 18.7 Å². The van der Waals surface area contributed by atoms with Crippen LogP contribution < -0.4 is 10.8 Å². The van der Waals surface area contributed by atoms with Crippen LogP contribution >= 0.6 is 0 Å². The number of aliphatic imine (C=N–C) groups is 1. The summed E-state index contributed by atoms with van der Waals surface area (Å²) in [5.74, 6) is -0.125. The highest BCUT2D eigenvalue weighted by Gasteiger charge is 2.34. The minimum Gasteiger partial charge on any atom is -0.544 e. The molecule has 0 saturated heterocycles. The molecule has 1 aliphatic rings. The number of quaternary nitrogens is 1. The number of nitrogens with two attached hydrogens (primary N) is 1. The first-order chi connectivity index (χ1) is 15.1. The van der Waals surface area contributed by atoms with E-state index in [2.05, 4.69) is 24.1 Å². The summed E-state index contributed by atoms with van der Waals surface area (Å²) in [6.45, 7) is 3.04. The molecule has 0 saturated carbocycles. The zero-order valence-electron chi connectivity index (χ0n) is 20.0. The van der Waals surface area contributed by atoms with Gasteiger partial charge in [0.05, 0.1) is 12.2 Å². The molecule has 0 fully saturated rings. The lowest BCUT2D eigenvalue weighted by Gasteiger charge is -2.32. The van der Waals surface area contributed by atoms with E-state index < -0.39 is 5.97 Å². The summed E-state index contributed by atoms with van der Waals surface area (Å²) >= 11 is 0. The Morgan fingerprint density at radius 2 is 1.45 bits per heavy atom. The Morgan fingerprint density at radius 3 is 1.94 bits per heavy atom. The first-order valence-electron chi connectivity index (χ1n) is 12.8. The summed E-state index contributed by atoms with van der Waals surface area (Å²) in [4.78, 5) is 15.6. The molecule has 1 unspecified atom stereocenters. The molecule has 0 radical (unpaired) electrons. The van der Waals surface area contributed by atoms with Crippen LogP contribution in [0.5, 0.6) is 0 Å². The van der Waals surface area contributed by atoms with Crippen molar-refractivity contribution in [1.82, 2.24) is 0 Å². The van der Waals surface area contributed by atoms with Crippen LogP contribution in [0.2, 0.25) is 0 Å². The number of hydrogen-bond donors (Lipinski definition) is 1. The Morgan fingerprint density at radius 1 is 0.935 bits per heavy atom. The molecule has 5 heteroatoms. The zero-order valence-corrected chi connectivity index (χ0v) is 20.0. The van der Waals surface area contributed by atoms with Crippen LogP contribution in [-0.4, -0.2) is 35.9 Å². The second-order valence-corrected chi connectivity index (χ2v) is 8.98. The van der Waals surface area contributed by atoms with Gasteiger partial charge in [0.15, 0.2) is 0 Å². The van der Waals surface area contributed by atoms with E-state index in [-0.39, 0.29) is 11.0 Å².